The highest BCUT2D eigenvalue weighted by Gasteiger charge is 2.19. The summed E-state index contributed by atoms with van der Waals surface area (Å²) in [7, 11) is 3.51. The van der Waals surface area contributed by atoms with Crippen molar-refractivity contribution in [2.24, 2.45) is 0 Å². The normalized spacial score (nSPS) is 16.6. The zero-order valence-corrected chi connectivity index (χ0v) is 11.7. The molecule has 0 radical (unpaired) electrons. The Morgan fingerprint density at radius 3 is 2.75 bits per heavy atom. The van der Waals surface area contributed by atoms with E-state index in [1.807, 2.05) is 6.07 Å². The van der Waals surface area contributed by atoms with Crippen LogP contribution in [0.3, 0.4) is 0 Å². The van der Waals surface area contributed by atoms with Gasteiger partial charge in [0.15, 0.2) is 5.82 Å². The molecule has 2 aromatic rings. The standard InChI is InChI=1S/C14H18N4O2/c1-17-5-7-18(8-6-17)13-11-4-3-10(14(19)20-2)9-12(11)15-16-13/h3-4,9H,5-8H2,1-2H3,(H,15,16). The summed E-state index contributed by atoms with van der Waals surface area (Å²) >= 11 is 0. The van der Waals surface area contributed by atoms with Crippen molar-refractivity contribution in [2.45, 2.75) is 0 Å². The van der Waals surface area contributed by atoms with E-state index < -0.39 is 0 Å². The molecule has 1 aliphatic rings. The highest BCUT2D eigenvalue weighted by molar-refractivity contribution is 5.97. The number of nitrogens with zero attached hydrogens (tertiary/aromatic N) is 3. The quantitative estimate of drug-likeness (QED) is 0.831. The Labute approximate surface area is 117 Å². The van der Waals surface area contributed by atoms with Crippen LogP contribution in [0.15, 0.2) is 18.2 Å². The van der Waals surface area contributed by atoms with E-state index in [2.05, 4.69) is 27.0 Å². The lowest BCUT2D eigenvalue weighted by Gasteiger charge is -2.32. The van der Waals surface area contributed by atoms with Gasteiger partial charge in [0.1, 0.15) is 0 Å². The number of carbonyl (C=O) groups is 1. The third-order valence-corrected chi connectivity index (χ3v) is 3.77. The highest BCUT2D eigenvalue weighted by Crippen LogP contribution is 2.25. The Hall–Kier alpha value is -2.08. The number of rotatable bonds is 2. The number of carbonyl (C=O) groups excluding carboxylic acids is 1. The van der Waals surface area contributed by atoms with Gasteiger partial charge in [-0.3, -0.25) is 5.10 Å². The molecule has 0 aliphatic carbocycles. The van der Waals surface area contributed by atoms with Crippen molar-refractivity contribution in [2.75, 3.05) is 45.2 Å². The van der Waals surface area contributed by atoms with Gasteiger partial charge in [0, 0.05) is 31.6 Å². The molecule has 0 bridgehead atoms. The molecule has 6 nitrogen and oxygen atoms in total. The van der Waals surface area contributed by atoms with Gasteiger partial charge in [-0.2, -0.15) is 5.10 Å². The smallest absolute Gasteiger partial charge is 0.337 e. The molecule has 1 aromatic heterocycles. The third-order valence-electron chi connectivity index (χ3n) is 3.77. The lowest BCUT2D eigenvalue weighted by molar-refractivity contribution is 0.0601. The number of benzene rings is 1. The fourth-order valence-electron chi connectivity index (χ4n) is 2.51. The SMILES string of the molecule is COC(=O)c1ccc2c(N3CCN(C)CC3)n[nH]c2c1. The molecular formula is C14H18N4O2. The summed E-state index contributed by atoms with van der Waals surface area (Å²) in [5.41, 5.74) is 1.40. The average Bonchev–Trinajstić information content (AvgIpc) is 2.90. The molecule has 3 rings (SSSR count). The largest absolute Gasteiger partial charge is 0.465 e. The van der Waals surface area contributed by atoms with Crippen molar-refractivity contribution in [3.05, 3.63) is 23.8 Å². The minimum Gasteiger partial charge on any atom is -0.465 e. The van der Waals surface area contributed by atoms with Crippen molar-refractivity contribution in [3.8, 4) is 0 Å². The summed E-state index contributed by atoms with van der Waals surface area (Å²) in [4.78, 5) is 16.1. The van der Waals surface area contributed by atoms with Crippen molar-refractivity contribution >= 4 is 22.7 Å². The van der Waals surface area contributed by atoms with E-state index in [9.17, 15) is 4.79 Å². The second kappa shape index (κ2) is 5.13. The highest BCUT2D eigenvalue weighted by atomic mass is 16.5. The zero-order valence-electron chi connectivity index (χ0n) is 11.7. The number of hydrogen-bond donors (Lipinski definition) is 1. The number of fused-ring (bicyclic) bond motifs is 1. The number of esters is 1. The van der Waals surface area contributed by atoms with Crippen molar-refractivity contribution in [1.29, 1.82) is 0 Å². The van der Waals surface area contributed by atoms with Crippen LogP contribution >= 0.6 is 0 Å². The van der Waals surface area contributed by atoms with E-state index in [0.717, 1.165) is 42.9 Å². The van der Waals surface area contributed by atoms with Gasteiger partial charge in [0.2, 0.25) is 0 Å². The van der Waals surface area contributed by atoms with Gasteiger partial charge in [0.25, 0.3) is 0 Å². The monoisotopic (exact) mass is 274 g/mol. The third kappa shape index (κ3) is 2.22. The number of ether oxygens (including phenoxy) is 1. The fraction of sp³-hybridized carbons (Fsp3) is 0.429. The molecule has 1 aliphatic heterocycles. The van der Waals surface area contributed by atoms with Crippen LogP contribution in [-0.4, -0.2) is 61.4 Å². The summed E-state index contributed by atoms with van der Waals surface area (Å²) in [6.45, 7) is 4.01. The van der Waals surface area contributed by atoms with E-state index in [0.29, 0.717) is 5.56 Å². The maximum Gasteiger partial charge on any atom is 0.337 e. The van der Waals surface area contributed by atoms with E-state index in [-0.39, 0.29) is 5.97 Å². The van der Waals surface area contributed by atoms with E-state index in [1.54, 1.807) is 12.1 Å². The molecule has 0 amide bonds. The van der Waals surface area contributed by atoms with Gasteiger partial charge in [-0.25, -0.2) is 4.79 Å². The number of methoxy groups -OCH3 is 1. The second-order valence-corrected chi connectivity index (χ2v) is 5.09. The minimum atomic E-state index is -0.331. The van der Waals surface area contributed by atoms with Crippen molar-refractivity contribution in [3.63, 3.8) is 0 Å². The summed E-state index contributed by atoms with van der Waals surface area (Å²) in [6.07, 6.45) is 0. The lowest BCUT2D eigenvalue weighted by atomic mass is 10.1. The molecule has 0 unspecified atom stereocenters. The molecule has 0 spiro atoms. The molecule has 0 saturated carbocycles. The first-order chi connectivity index (χ1) is 9.69. The van der Waals surface area contributed by atoms with Crippen LogP contribution in [0, 0.1) is 0 Å². The minimum absolute atomic E-state index is 0.331. The zero-order chi connectivity index (χ0) is 14.1. The molecule has 6 heteroatoms. The van der Waals surface area contributed by atoms with Crippen LogP contribution in [0.4, 0.5) is 5.82 Å². The van der Waals surface area contributed by atoms with Crippen LogP contribution in [0.5, 0.6) is 0 Å². The first-order valence-electron chi connectivity index (χ1n) is 6.69. The number of aromatic amines is 1. The van der Waals surface area contributed by atoms with Gasteiger partial charge >= 0.3 is 5.97 Å². The van der Waals surface area contributed by atoms with E-state index >= 15 is 0 Å². The second-order valence-electron chi connectivity index (χ2n) is 5.09. The fourth-order valence-corrected chi connectivity index (χ4v) is 2.51. The number of aromatic nitrogens is 2. The van der Waals surface area contributed by atoms with Crippen molar-refractivity contribution in [1.82, 2.24) is 15.1 Å². The predicted molar refractivity (Wildman–Crippen MR) is 77.1 cm³/mol. The first-order valence-corrected chi connectivity index (χ1v) is 6.69. The van der Waals surface area contributed by atoms with Crippen LogP contribution < -0.4 is 4.90 Å². The predicted octanol–water partition coefficient (Wildman–Crippen LogP) is 1.10. The lowest BCUT2D eigenvalue weighted by Crippen LogP contribution is -2.44. The van der Waals surface area contributed by atoms with E-state index in [4.69, 9.17) is 4.74 Å². The number of anilines is 1. The Kier molecular flexibility index (Phi) is 3.31. The van der Waals surface area contributed by atoms with Crippen molar-refractivity contribution < 1.29 is 9.53 Å². The average molecular weight is 274 g/mol. The Balaban J connectivity index is 1.92. The molecule has 0 atom stereocenters. The molecule has 1 aromatic carbocycles. The molecule has 20 heavy (non-hydrogen) atoms. The van der Waals surface area contributed by atoms with Gasteiger partial charge in [-0.1, -0.05) is 0 Å². The summed E-state index contributed by atoms with van der Waals surface area (Å²) in [6, 6.07) is 5.50. The molecule has 1 fully saturated rings. The Morgan fingerprint density at radius 2 is 2.05 bits per heavy atom. The molecule has 106 valence electrons. The van der Waals surface area contributed by atoms with E-state index in [1.165, 1.54) is 7.11 Å². The number of likely N-dealkylation sites (N-methyl/N-ethyl adjacent to an activating group) is 1. The molecule has 2 heterocycles. The van der Waals surface area contributed by atoms with Gasteiger partial charge in [0.05, 0.1) is 18.2 Å². The van der Waals surface area contributed by atoms with Crippen LogP contribution in [0.2, 0.25) is 0 Å². The maximum atomic E-state index is 11.5. The Bertz CT molecular complexity index is 629. The van der Waals surface area contributed by atoms with Gasteiger partial charge in [-0.15, -0.1) is 0 Å². The summed E-state index contributed by atoms with van der Waals surface area (Å²) in [5, 5.41) is 8.45. The number of hydrogen-bond acceptors (Lipinski definition) is 5. The van der Waals surface area contributed by atoms with Crippen LogP contribution in [-0.2, 0) is 4.74 Å². The van der Waals surface area contributed by atoms with Gasteiger partial charge in [-0.05, 0) is 25.2 Å². The number of piperazine rings is 1. The molecule has 1 N–H and O–H groups in total. The maximum absolute atomic E-state index is 11.5. The molecular weight excluding hydrogens is 256 g/mol. The molecule has 1 saturated heterocycles. The van der Waals surface area contributed by atoms with Crippen LogP contribution in [0.1, 0.15) is 10.4 Å². The topological polar surface area (TPSA) is 61.5 Å². The first kappa shape index (κ1) is 12.9. The number of nitrogens with one attached hydrogen (secondary N) is 1. The summed E-state index contributed by atoms with van der Waals surface area (Å²) in [5.74, 6) is 0.632. The Morgan fingerprint density at radius 1 is 1.30 bits per heavy atom. The summed E-state index contributed by atoms with van der Waals surface area (Å²) < 4.78 is 4.73. The number of H-pyrrole nitrogens is 1. The van der Waals surface area contributed by atoms with Gasteiger partial charge < -0.3 is 14.5 Å². The van der Waals surface area contributed by atoms with Crippen LogP contribution in [0.25, 0.3) is 10.9 Å².